The smallest absolute Gasteiger partial charge is 0.261 e. The molecule has 1 aliphatic rings. The van der Waals surface area contributed by atoms with Crippen LogP contribution in [-0.2, 0) is 0 Å². The van der Waals surface area contributed by atoms with Crippen LogP contribution in [0.4, 0.5) is 5.82 Å². The molecule has 1 amide bonds. The van der Waals surface area contributed by atoms with Gasteiger partial charge in [0.1, 0.15) is 11.4 Å². The van der Waals surface area contributed by atoms with Crippen LogP contribution >= 0.6 is 0 Å². The molecule has 2 aromatic heterocycles. The van der Waals surface area contributed by atoms with Crippen LogP contribution in [0, 0.1) is 0 Å². The molecule has 0 saturated carbocycles. The molecule has 3 heterocycles. The Morgan fingerprint density at radius 2 is 1.88 bits per heavy atom. The van der Waals surface area contributed by atoms with Crippen LogP contribution in [0.25, 0.3) is 10.9 Å². The van der Waals surface area contributed by atoms with Crippen molar-refractivity contribution in [3.8, 4) is 0 Å². The number of H-pyrrole nitrogens is 1. The maximum atomic E-state index is 12.8. The average Bonchev–Trinajstić information content (AvgIpc) is 2.68. The Morgan fingerprint density at radius 1 is 1.08 bits per heavy atom. The van der Waals surface area contributed by atoms with Gasteiger partial charge in [0.15, 0.2) is 0 Å². The van der Waals surface area contributed by atoms with Gasteiger partial charge in [-0.25, -0.2) is 4.98 Å². The van der Waals surface area contributed by atoms with E-state index in [0.717, 1.165) is 16.7 Å². The second kappa shape index (κ2) is 6.35. The van der Waals surface area contributed by atoms with E-state index in [2.05, 4.69) is 19.9 Å². The molecule has 1 aliphatic heterocycles. The topological polar surface area (TPSA) is 82.2 Å². The molecule has 7 nitrogen and oxygen atoms in total. The van der Waals surface area contributed by atoms with Crippen molar-refractivity contribution in [3.63, 3.8) is 0 Å². The molecule has 4 rings (SSSR count). The number of hydrogen-bond donors (Lipinski definition) is 1. The van der Waals surface area contributed by atoms with Crippen LogP contribution in [0.2, 0.25) is 0 Å². The fraction of sp³-hybridized carbons (Fsp3) is 0.222. The first kappa shape index (κ1) is 15.3. The molecule has 1 aromatic carbocycles. The number of rotatable bonds is 2. The molecule has 1 saturated heterocycles. The third-order valence-electron chi connectivity index (χ3n) is 4.42. The fourth-order valence-corrected chi connectivity index (χ4v) is 3.07. The fourth-order valence-electron chi connectivity index (χ4n) is 3.07. The minimum Gasteiger partial charge on any atom is -0.352 e. The predicted octanol–water partition coefficient (Wildman–Crippen LogP) is 1.28. The van der Waals surface area contributed by atoms with E-state index in [1.807, 2.05) is 24.3 Å². The number of benzene rings is 1. The van der Waals surface area contributed by atoms with E-state index < -0.39 is 0 Å². The van der Waals surface area contributed by atoms with Gasteiger partial charge in [0.25, 0.3) is 11.5 Å². The number of nitrogens with zero attached hydrogens (tertiary/aromatic N) is 4. The largest absolute Gasteiger partial charge is 0.352 e. The van der Waals surface area contributed by atoms with Gasteiger partial charge in [-0.15, -0.1) is 0 Å². The van der Waals surface area contributed by atoms with Crippen molar-refractivity contribution in [1.82, 2.24) is 19.9 Å². The highest BCUT2D eigenvalue weighted by Gasteiger charge is 2.24. The number of hydrogen-bond acceptors (Lipinski definition) is 5. The number of carbonyl (C=O) groups is 1. The molecule has 1 fully saturated rings. The molecule has 0 radical (unpaired) electrons. The number of para-hydroxylation sites is 1. The third kappa shape index (κ3) is 2.96. The summed E-state index contributed by atoms with van der Waals surface area (Å²) in [4.78, 5) is 40.0. The summed E-state index contributed by atoms with van der Waals surface area (Å²) in [6.45, 7) is 2.41. The van der Waals surface area contributed by atoms with E-state index in [1.54, 1.807) is 29.6 Å². The first-order valence-electron chi connectivity index (χ1n) is 8.15. The number of fused-ring (bicyclic) bond motifs is 1. The van der Waals surface area contributed by atoms with Gasteiger partial charge in [0.2, 0.25) is 0 Å². The van der Waals surface area contributed by atoms with E-state index >= 15 is 0 Å². The van der Waals surface area contributed by atoms with E-state index in [-0.39, 0.29) is 17.0 Å². The van der Waals surface area contributed by atoms with Crippen molar-refractivity contribution in [1.29, 1.82) is 0 Å². The standard InChI is InChI=1S/C18H17N5O2/c24-17-14(11-13-3-1-2-4-15(13)21-17)18(25)23-9-7-22(8-10-23)16-12-19-5-6-20-16/h1-6,11-12H,7-10H2,(H,21,24). The van der Waals surface area contributed by atoms with Gasteiger partial charge < -0.3 is 14.8 Å². The number of anilines is 1. The van der Waals surface area contributed by atoms with E-state index in [1.165, 1.54) is 0 Å². The van der Waals surface area contributed by atoms with Gasteiger partial charge in [-0.05, 0) is 17.5 Å². The van der Waals surface area contributed by atoms with Crippen LogP contribution in [0.1, 0.15) is 10.4 Å². The summed E-state index contributed by atoms with van der Waals surface area (Å²) in [5.41, 5.74) is 0.572. The summed E-state index contributed by atoms with van der Waals surface area (Å²) < 4.78 is 0. The maximum absolute atomic E-state index is 12.8. The van der Waals surface area contributed by atoms with E-state index in [0.29, 0.717) is 26.2 Å². The highest BCUT2D eigenvalue weighted by Crippen LogP contribution is 2.15. The average molecular weight is 335 g/mol. The van der Waals surface area contributed by atoms with Gasteiger partial charge in [0, 0.05) is 44.1 Å². The minimum absolute atomic E-state index is 0.187. The van der Waals surface area contributed by atoms with Crippen molar-refractivity contribution >= 4 is 22.6 Å². The molecule has 126 valence electrons. The molecule has 0 bridgehead atoms. The molecular formula is C18H17N5O2. The van der Waals surface area contributed by atoms with Crippen LogP contribution in [0.3, 0.4) is 0 Å². The summed E-state index contributed by atoms with van der Waals surface area (Å²) in [6, 6.07) is 9.12. The molecule has 1 N–H and O–H groups in total. The Bertz CT molecular complexity index is 962. The SMILES string of the molecule is O=C(c1cc2ccccc2[nH]c1=O)N1CCN(c2cnccn2)CC1. The highest BCUT2D eigenvalue weighted by atomic mass is 16.2. The van der Waals surface area contributed by atoms with Crippen molar-refractivity contribution in [2.45, 2.75) is 0 Å². The first-order chi connectivity index (χ1) is 12.2. The van der Waals surface area contributed by atoms with Crippen molar-refractivity contribution in [2.75, 3.05) is 31.1 Å². The lowest BCUT2D eigenvalue weighted by molar-refractivity contribution is 0.0745. The van der Waals surface area contributed by atoms with Gasteiger partial charge in [-0.2, -0.15) is 0 Å². The molecule has 0 aliphatic carbocycles. The molecule has 3 aromatic rings. The van der Waals surface area contributed by atoms with E-state index in [4.69, 9.17) is 0 Å². The summed E-state index contributed by atoms with van der Waals surface area (Å²) in [6.07, 6.45) is 5.00. The Hall–Kier alpha value is -3.22. The molecule has 0 spiro atoms. The maximum Gasteiger partial charge on any atom is 0.261 e. The zero-order chi connectivity index (χ0) is 17.2. The normalized spacial score (nSPS) is 14.7. The van der Waals surface area contributed by atoms with Crippen molar-refractivity contribution in [3.05, 3.63) is 64.8 Å². The zero-order valence-corrected chi connectivity index (χ0v) is 13.6. The summed E-state index contributed by atoms with van der Waals surface area (Å²) in [7, 11) is 0. The van der Waals surface area contributed by atoms with Gasteiger partial charge in [-0.3, -0.25) is 14.6 Å². The quantitative estimate of drug-likeness (QED) is 0.763. The first-order valence-corrected chi connectivity index (χ1v) is 8.15. The zero-order valence-electron chi connectivity index (χ0n) is 13.6. The molecule has 25 heavy (non-hydrogen) atoms. The summed E-state index contributed by atoms with van der Waals surface area (Å²) in [5, 5.41) is 0.851. The van der Waals surface area contributed by atoms with Crippen molar-refractivity contribution in [2.24, 2.45) is 0 Å². The summed E-state index contributed by atoms with van der Waals surface area (Å²) >= 11 is 0. The molecule has 0 unspecified atom stereocenters. The monoisotopic (exact) mass is 335 g/mol. The van der Waals surface area contributed by atoms with Crippen molar-refractivity contribution < 1.29 is 4.79 Å². The Balaban J connectivity index is 1.53. The van der Waals surface area contributed by atoms with Crippen LogP contribution < -0.4 is 10.5 Å². The number of pyridine rings is 1. The number of aromatic nitrogens is 3. The second-order valence-electron chi connectivity index (χ2n) is 5.94. The summed E-state index contributed by atoms with van der Waals surface area (Å²) in [5.74, 6) is 0.573. The Kier molecular flexibility index (Phi) is 3.89. The minimum atomic E-state index is -0.347. The molecule has 0 atom stereocenters. The number of nitrogens with one attached hydrogen (secondary N) is 1. The molecule has 7 heteroatoms. The lowest BCUT2D eigenvalue weighted by Crippen LogP contribution is -2.49. The highest BCUT2D eigenvalue weighted by molar-refractivity contribution is 5.97. The number of carbonyl (C=O) groups excluding carboxylic acids is 1. The van der Waals surface area contributed by atoms with Crippen LogP contribution in [0.5, 0.6) is 0 Å². The van der Waals surface area contributed by atoms with Gasteiger partial charge >= 0.3 is 0 Å². The predicted molar refractivity (Wildman–Crippen MR) is 94.7 cm³/mol. The van der Waals surface area contributed by atoms with Gasteiger partial charge in [-0.1, -0.05) is 18.2 Å². The lowest BCUT2D eigenvalue weighted by Gasteiger charge is -2.35. The van der Waals surface area contributed by atoms with Crippen LogP contribution in [0.15, 0.2) is 53.7 Å². The number of aromatic amines is 1. The number of piperazine rings is 1. The Morgan fingerprint density at radius 3 is 2.64 bits per heavy atom. The van der Waals surface area contributed by atoms with Crippen LogP contribution in [-0.4, -0.2) is 51.9 Å². The molecular weight excluding hydrogens is 318 g/mol. The van der Waals surface area contributed by atoms with E-state index in [9.17, 15) is 9.59 Å². The Labute approximate surface area is 143 Å². The second-order valence-corrected chi connectivity index (χ2v) is 5.94. The van der Waals surface area contributed by atoms with Gasteiger partial charge in [0.05, 0.1) is 6.20 Å². The third-order valence-corrected chi connectivity index (χ3v) is 4.42. The number of amides is 1. The lowest BCUT2D eigenvalue weighted by atomic mass is 10.1.